The third-order valence-corrected chi connectivity index (χ3v) is 5.20. The minimum atomic E-state index is -4.42. The van der Waals surface area contributed by atoms with Crippen LogP contribution in [0.2, 0.25) is 0 Å². The van der Waals surface area contributed by atoms with Crippen LogP contribution in [-0.2, 0) is 6.18 Å². The number of nitrogens with zero attached hydrogens (tertiary/aromatic N) is 3. The molecule has 0 radical (unpaired) electrons. The van der Waals surface area contributed by atoms with Gasteiger partial charge < -0.3 is 14.6 Å². The van der Waals surface area contributed by atoms with Crippen molar-refractivity contribution in [2.45, 2.75) is 12.6 Å². The van der Waals surface area contributed by atoms with E-state index in [9.17, 15) is 13.2 Å². The summed E-state index contributed by atoms with van der Waals surface area (Å²) >= 11 is 0. The van der Waals surface area contributed by atoms with Gasteiger partial charge >= 0.3 is 6.18 Å². The van der Waals surface area contributed by atoms with Crippen LogP contribution in [-0.4, -0.2) is 54.2 Å². The number of hydrogen-bond donors (Lipinski definition) is 1. The van der Waals surface area contributed by atoms with Crippen molar-refractivity contribution in [3.8, 4) is 5.75 Å². The lowest BCUT2D eigenvalue weighted by Crippen LogP contribution is -2.46. The van der Waals surface area contributed by atoms with Crippen LogP contribution >= 0.6 is 12.4 Å². The average molecular weight is 441 g/mol. The maximum absolute atomic E-state index is 12.5. The molecule has 4 rings (SSSR count). The van der Waals surface area contributed by atoms with Gasteiger partial charge in [0.2, 0.25) is 0 Å². The standard InChI is InChI=1S/C21H23F3N4O.ClH/c22-21(23,24)20-6-5-16(15-26-20)29-14-2-9-27-10-12-28(13-11-27)19-4-1-3-18-17(19)7-8-25-18;/h1,3-8,15,25H,2,9-14H2;1H. The normalized spacial score (nSPS) is 15.2. The fraction of sp³-hybridized carbons (Fsp3) is 0.381. The molecule has 3 aromatic rings. The SMILES string of the molecule is Cl.FC(F)(F)c1ccc(OCCCN2CCN(c3cccc4[nH]ccc34)CC2)cn1. The van der Waals surface area contributed by atoms with Crippen LogP contribution < -0.4 is 9.64 Å². The first-order valence-corrected chi connectivity index (χ1v) is 9.70. The second-order valence-electron chi connectivity index (χ2n) is 7.12. The van der Waals surface area contributed by atoms with Crippen molar-refractivity contribution < 1.29 is 17.9 Å². The van der Waals surface area contributed by atoms with E-state index in [4.69, 9.17) is 4.74 Å². The average Bonchev–Trinajstić information content (AvgIpc) is 3.20. The predicted molar refractivity (Wildman–Crippen MR) is 114 cm³/mol. The van der Waals surface area contributed by atoms with Crippen LogP contribution in [0.3, 0.4) is 0 Å². The van der Waals surface area contributed by atoms with Gasteiger partial charge in [-0.1, -0.05) is 6.07 Å². The Morgan fingerprint density at radius 3 is 2.53 bits per heavy atom. The van der Waals surface area contributed by atoms with Gasteiger partial charge in [-0.25, -0.2) is 4.98 Å². The van der Waals surface area contributed by atoms with E-state index in [1.165, 1.54) is 17.1 Å². The second-order valence-corrected chi connectivity index (χ2v) is 7.12. The first kappa shape index (κ1) is 22.2. The Morgan fingerprint density at radius 2 is 1.83 bits per heavy atom. The predicted octanol–water partition coefficient (Wildman–Crippen LogP) is 4.59. The highest BCUT2D eigenvalue weighted by atomic mass is 35.5. The summed E-state index contributed by atoms with van der Waals surface area (Å²) in [6.07, 6.45) is -0.512. The van der Waals surface area contributed by atoms with E-state index in [2.05, 4.69) is 44.0 Å². The quantitative estimate of drug-likeness (QED) is 0.569. The molecule has 0 saturated carbocycles. The van der Waals surface area contributed by atoms with Gasteiger partial charge in [-0.15, -0.1) is 12.4 Å². The maximum atomic E-state index is 12.5. The van der Waals surface area contributed by atoms with Crippen molar-refractivity contribution in [2.75, 3.05) is 44.2 Å². The summed E-state index contributed by atoms with van der Waals surface area (Å²) in [5, 5.41) is 1.25. The van der Waals surface area contributed by atoms with Gasteiger partial charge in [-0.2, -0.15) is 13.2 Å². The van der Waals surface area contributed by atoms with Crippen molar-refractivity contribution in [3.05, 3.63) is 54.5 Å². The molecule has 9 heteroatoms. The topological polar surface area (TPSA) is 44.4 Å². The lowest BCUT2D eigenvalue weighted by Gasteiger charge is -2.36. The number of piperazine rings is 1. The van der Waals surface area contributed by atoms with E-state index >= 15 is 0 Å². The molecule has 1 fully saturated rings. The monoisotopic (exact) mass is 440 g/mol. The van der Waals surface area contributed by atoms with Crippen LogP contribution in [0, 0.1) is 0 Å². The lowest BCUT2D eigenvalue weighted by atomic mass is 10.1. The lowest BCUT2D eigenvalue weighted by molar-refractivity contribution is -0.141. The smallest absolute Gasteiger partial charge is 0.433 e. The molecule has 0 atom stereocenters. The zero-order valence-electron chi connectivity index (χ0n) is 16.4. The number of pyridine rings is 1. The number of alkyl halides is 3. The van der Waals surface area contributed by atoms with Crippen LogP contribution in [0.1, 0.15) is 12.1 Å². The summed E-state index contributed by atoms with van der Waals surface area (Å²) in [4.78, 5) is 11.5. The van der Waals surface area contributed by atoms with Gasteiger partial charge in [0.05, 0.1) is 12.8 Å². The van der Waals surface area contributed by atoms with E-state index in [1.54, 1.807) is 0 Å². The molecule has 162 valence electrons. The highest BCUT2D eigenvalue weighted by molar-refractivity contribution is 5.92. The van der Waals surface area contributed by atoms with E-state index in [0.29, 0.717) is 12.4 Å². The van der Waals surface area contributed by atoms with E-state index < -0.39 is 11.9 Å². The summed E-state index contributed by atoms with van der Waals surface area (Å²) in [5.74, 6) is 0.363. The van der Waals surface area contributed by atoms with E-state index in [0.717, 1.165) is 56.9 Å². The largest absolute Gasteiger partial charge is 0.492 e. The second kappa shape index (κ2) is 9.57. The zero-order chi connectivity index (χ0) is 20.3. The summed E-state index contributed by atoms with van der Waals surface area (Å²) in [6.45, 7) is 5.24. The van der Waals surface area contributed by atoms with Crippen LogP contribution in [0.25, 0.3) is 10.9 Å². The fourth-order valence-corrected chi connectivity index (χ4v) is 3.67. The van der Waals surface area contributed by atoms with Crippen molar-refractivity contribution in [1.29, 1.82) is 0 Å². The molecule has 1 aromatic carbocycles. The molecule has 5 nitrogen and oxygen atoms in total. The number of halogens is 4. The molecule has 0 unspecified atom stereocenters. The number of benzene rings is 1. The Morgan fingerprint density at radius 1 is 1.03 bits per heavy atom. The number of hydrogen-bond acceptors (Lipinski definition) is 4. The Labute approximate surface area is 179 Å². The van der Waals surface area contributed by atoms with Gasteiger partial charge in [-0.3, -0.25) is 4.90 Å². The van der Waals surface area contributed by atoms with Crippen molar-refractivity contribution >= 4 is 29.0 Å². The maximum Gasteiger partial charge on any atom is 0.433 e. The molecule has 0 aliphatic carbocycles. The Bertz CT molecular complexity index is 937. The Kier molecular flexibility index (Phi) is 7.10. The molecule has 0 spiro atoms. The first-order valence-electron chi connectivity index (χ1n) is 9.70. The van der Waals surface area contributed by atoms with Gasteiger partial charge in [0.15, 0.2) is 0 Å². The summed E-state index contributed by atoms with van der Waals surface area (Å²) < 4.78 is 43.1. The van der Waals surface area contributed by atoms with Crippen molar-refractivity contribution in [2.24, 2.45) is 0 Å². The third-order valence-electron chi connectivity index (χ3n) is 5.20. The first-order chi connectivity index (χ1) is 14.0. The minimum absolute atomic E-state index is 0. The molecule has 0 bridgehead atoms. The van der Waals surface area contributed by atoms with Crippen molar-refractivity contribution in [3.63, 3.8) is 0 Å². The summed E-state index contributed by atoms with van der Waals surface area (Å²) in [6, 6.07) is 10.7. The molecule has 1 N–H and O–H groups in total. The van der Waals surface area contributed by atoms with Gasteiger partial charge in [0.1, 0.15) is 11.4 Å². The number of nitrogens with one attached hydrogen (secondary N) is 1. The molecule has 1 saturated heterocycles. The molecule has 3 heterocycles. The molecular weight excluding hydrogens is 417 g/mol. The Hall–Kier alpha value is -2.45. The van der Waals surface area contributed by atoms with Gasteiger partial charge in [0.25, 0.3) is 0 Å². The molecular formula is C21H24ClF3N4O. The van der Waals surface area contributed by atoms with Crippen molar-refractivity contribution in [1.82, 2.24) is 14.9 Å². The van der Waals surface area contributed by atoms with Gasteiger partial charge in [0, 0.05) is 55.5 Å². The molecule has 1 aliphatic rings. The number of fused-ring (bicyclic) bond motifs is 1. The summed E-state index contributed by atoms with van der Waals surface area (Å²) in [5.41, 5.74) is 1.51. The number of H-pyrrole nitrogens is 1. The molecule has 0 amide bonds. The minimum Gasteiger partial charge on any atom is -0.492 e. The molecule has 2 aromatic heterocycles. The molecule has 1 aliphatic heterocycles. The number of aromatic nitrogens is 2. The number of anilines is 1. The third kappa shape index (κ3) is 5.17. The fourth-order valence-electron chi connectivity index (χ4n) is 3.67. The molecule has 30 heavy (non-hydrogen) atoms. The highest BCUT2D eigenvalue weighted by Gasteiger charge is 2.32. The van der Waals surface area contributed by atoms with E-state index in [-0.39, 0.29) is 12.4 Å². The number of rotatable bonds is 6. The number of ether oxygens (including phenoxy) is 1. The van der Waals surface area contributed by atoms with Gasteiger partial charge in [-0.05, 0) is 36.8 Å². The van der Waals surface area contributed by atoms with Crippen LogP contribution in [0.15, 0.2) is 48.8 Å². The highest BCUT2D eigenvalue weighted by Crippen LogP contribution is 2.28. The zero-order valence-corrected chi connectivity index (χ0v) is 17.2. The Balaban J connectivity index is 0.00000256. The number of aromatic amines is 1. The summed E-state index contributed by atoms with van der Waals surface area (Å²) in [7, 11) is 0. The van der Waals surface area contributed by atoms with E-state index in [1.807, 2.05) is 6.20 Å². The van der Waals surface area contributed by atoms with Crippen LogP contribution in [0.4, 0.5) is 18.9 Å². The van der Waals surface area contributed by atoms with Crippen LogP contribution in [0.5, 0.6) is 5.75 Å².